The summed E-state index contributed by atoms with van der Waals surface area (Å²) in [6.07, 6.45) is 2.66. The topological polar surface area (TPSA) is 28.7 Å². The quantitative estimate of drug-likeness (QED) is 0.734. The maximum Gasteiger partial charge on any atom is 0.111 e. The third-order valence-corrected chi connectivity index (χ3v) is 1.88. The van der Waals surface area contributed by atoms with E-state index in [9.17, 15) is 0 Å². The fourth-order valence-electron chi connectivity index (χ4n) is 1.27. The van der Waals surface area contributed by atoms with Crippen LogP contribution in [0.5, 0.6) is 0 Å². The Labute approximate surface area is 77.6 Å². The average molecular weight is 170 g/mol. The van der Waals surface area contributed by atoms with Crippen LogP contribution in [-0.4, -0.2) is 9.97 Å². The molecule has 64 valence electrons. The Morgan fingerprint density at radius 2 is 2.00 bits per heavy atom. The standard InChI is InChI=1S/C11H10N2/c1-9-12-8-11(13-9)7-10-5-3-2-4-6-10/h1-6,8H,7H2,(H,12,13). The summed E-state index contributed by atoms with van der Waals surface area (Å²) in [6, 6.07) is 10.2. The van der Waals surface area contributed by atoms with Gasteiger partial charge in [-0.1, -0.05) is 30.3 Å². The first-order valence-electron chi connectivity index (χ1n) is 4.18. The van der Waals surface area contributed by atoms with E-state index in [0.29, 0.717) is 5.82 Å². The molecule has 13 heavy (non-hydrogen) atoms. The molecule has 2 heteroatoms. The lowest BCUT2D eigenvalue weighted by Crippen LogP contribution is -1.87. The van der Waals surface area contributed by atoms with Gasteiger partial charge in [0.25, 0.3) is 0 Å². The van der Waals surface area contributed by atoms with E-state index in [1.165, 1.54) is 5.56 Å². The maximum atomic E-state index is 5.47. The van der Waals surface area contributed by atoms with Gasteiger partial charge in [0.15, 0.2) is 0 Å². The van der Waals surface area contributed by atoms with Crippen molar-refractivity contribution in [1.29, 1.82) is 0 Å². The van der Waals surface area contributed by atoms with Crippen molar-refractivity contribution >= 4 is 0 Å². The van der Waals surface area contributed by atoms with Crippen LogP contribution in [0.15, 0.2) is 36.5 Å². The van der Waals surface area contributed by atoms with Crippen molar-refractivity contribution in [1.82, 2.24) is 9.97 Å². The number of nitrogens with one attached hydrogen (secondary N) is 1. The zero-order valence-corrected chi connectivity index (χ0v) is 7.20. The molecule has 0 amide bonds. The summed E-state index contributed by atoms with van der Waals surface area (Å²) in [5.41, 5.74) is 2.22. The average Bonchev–Trinajstić information content (AvgIpc) is 2.53. The van der Waals surface area contributed by atoms with Crippen LogP contribution in [0.1, 0.15) is 17.1 Å². The molecule has 0 aliphatic rings. The van der Waals surface area contributed by atoms with Gasteiger partial charge < -0.3 is 4.98 Å². The SMILES string of the molecule is [CH]c1nc(Cc2ccccc2)c[nH]1. The Hall–Kier alpha value is -1.57. The van der Waals surface area contributed by atoms with E-state index in [2.05, 4.69) is 22.1 Å². The van der Waals surface area contributed by atoms with Crippen molar-refractivity contribution in [2.75, 3.05) is 0 Å². The fourth-order valence-corrected chi connectivity index (χ4v) is 1.27. The summed E-state index contributed by atoms with van der Waals surface area (Å²) in [4.78, 5) is 6.98. The molecule has 0 fully saturated rings. The van der Waals surface area contributed by atoms with Crippen molar-refractivity contribution in [2.24, 2.45) is 0 Å². The molecule has 0 atom stereocenters. The Balaban J connectivity index is 2.15. The minimum atomic E-state index is 0.478. The van der Waals surface area contributed by atoms with Gasteiger partial charge in [0.05, 0.1) is 5.69 Å². The lowest BCUT2D eigenvalue weighted by molar-refractivity contribution is 1.09. The number of hydrogen-bond donors (Lipinski definition) is 1. The molecular weight excluding hydrogens is 160 g/mol. The number of H-pyrrole nitrogens is 1. The zero-order chi connectivity index (χ0) is 9.10. The normalized spacial score (nSPS) is 10.2. The molecule has 1 aromatic heterocycles. The van der Waals surface area contributed by atoms with Gasteiger partial charge in [0.2, 0.25) is 0 Å². The molecule has 0 unspecified atom stereocenters. The molecule has 0 saturated heterocycles. The predicted octanol–water partition coefficient (Wildman–Crippen LogP) is 2.06. The third kappa shape index (κ3) is 1.96. The molecule has 2 aromatic rings. The van der Waals surface area contributed by atoms with Crippen LogP contribution in [0.25, 0.3) is 0 Å². The number of rotatable bonds is 2. The third-order valence-electron chi connectivity index (χ3n) is 1.88. The second kappa shape index (κ2) is 3.44. The number of benzene rings is 1. The van der Waals surface area contributed by atoms with Crippen LogP contribution < -0.4 is 0 Å². The number of hydrogen-bond acceptors (Lipinski definition) is 1. The van der Waals surface area contributed by atoms with Crippen molar-refractivity contribution in [3.05, 3.63) is 60.5 Å². The molecule has 0 saturated carbocycles. The lowest BCUT2D eigenvalue weighted by Gasteiger charge is -1.95. The van der Waals surface area contributed by atoms with Gasteiger partial charge in [-0.2, -0.15) is 0 Å². The highest BCUT2D eigenvalue weighted by Crippen LogP contribution is 2.06. The molecular formula is C11H10N2. The molecule has 2 radical (unpaired) electrons. The van der Waals surface area contributed by atoms with Gasteiger partial charge in [-0.15, -0.1) is 0 Å². The van der Waals surface area contributed by atoms with E-state index in [0.717, 1.165) is 12.1 Å². The number of imidazole rings is 1. The van der Waals surface area contributed by atoms with Crippen LogP contribution in [0.2, 0.25) is 0 Å². The van der Waals surface area contributed by atoms with Crippen LogP contribution in [0.3, 0.4) is 0 Å². The minimum Gasteiger partial charge on any atom is -0.348 e. The van der Waals surface area contributed by atoms with Crippen molar-refractivity contribution in [3.8, 4) is 0 Å². The van der Waals surface area contributed by atoms with Gasteiger partial charge in [-0.25, -0.2) is 4.98 Å². The van der Waals surface area contributed by atoms with Crippen molar-refractivity contribution in [2.45, 2.75) is 6.42 Å². The lowest BCUT2D eigenvalue weighted by atomic mass is 10.1. The summed E-state index contributed by atoms with van der Waals surface area (Å²) in [7, 11) is 0. The number of aromatic nitrogens is 2. The molecule has 0 spiro atoms. The number of aromatic amines is 1. The summed E-state index contributed by atoms with van der Waals surface area (Å²) >= 11 is 0. The highest BCUT2D eigenvalue weighted by atomic mass is 14.9. The molecule has 1 N–H and O–H groups in total. The molecule has 2 rings (SSSR count). The van der Waals surface area contributed by atoms with Gasteiger partial charge in [0, 0.05) is 19.5 Å². The Bertz CT molecular complexity index is 376. The zero-order valence-electron chi connectivity index (χ0n) is 7.20. The van der Waals surface area contributed by atoms with Gasteiger partial charge in [0.1, 0.15) is 5.82 Å². The van der Waals surface area contributed by atoms with E-state index >= 15 is 0 Å². The largest absolute Gasteiger partial charge is 0.348 e. The molecule has 0 aliphatic heterocycles. The number of nitrogens with zero attached hydrogens (tertiary/aromatic N) is 1. The molecule has 2 nitrogen and oxygen atoms in total. The first-order valence-corrected chi connectivity index (χ1v) is 4.18. The van der Waals surface area contributed by atoms with Crippen LogP contribution >= 0.6 is 0 Å². The van der Waals surface area contributed by atoms with Gasteiger partial charge in [-0.05, 0) is 5.56 Å². The minimum absolute atomic E-state index is 0.478. The smallest absolute Gasteiger partial charge is 0.111 e. The summed E-state index contributed by atoms with van der Waals surface area (Å²) in [6.45, 7) is 5.47. The van der Waals surface area contributed by atoms with Gasteiger partial charge >= 0.3 is 0 Å². The monoisotopic (exact) mass is 170 g/mol. The highest BCUT2D eigenvalue weighted by Gasteiger charge is 1.98. The first-order chi connectivity index (χ1) is 6.34. The fraction of sp³-hybridized carbons (Fsp3) is 0.0909. The van der Waals surface area contributed by atoms with E-state index in [1.807, 2.05) is 24.4 Å². The summed E-state index contributed by atoms with van der Waals surface area (Å²) < 4.78 is 0. The Kier molecular flexibility index (Phi) is 2.13. The van der Waals surface area contributed by atoms with E-state index in [4.69, 9.17) is 6.92 Å². The van der Waals surface area contributed by atoms with Crippen molar-refractivity contribution < 1.29 is 0 Å². The van der Waals surface area contributed by atoms with E-state index < -0.39 is 0 Å². The van der Waals surface area contributed by atoms with E-state index in [1.54, 1.807) is 0 Å². The van der Waals surface area contributed by atoms with E-state index in [-0.39, 0.29) is 0 Å². The maximum absolute atomic E-state index is 5.47. The summed E-state index contributed by atoms with van der Waals surface area (Å²) in [5, 5.41) is 0. The second-order valence-corrected chi connectivity index (χ2v) is 2.94. The molecule has 0 bridgehead atoms. The molecule has 0 aliphatic carbocycles. The van der Waals surface area contributed by atoms with Crippen molar-refractivity contribution in [3.63, 3.8) is 0 Å². The van der Waals surface area contributed by atoms with Crippen LogP contribution in [-0.2, 0) is 6.42 Å². The van der Waals surface area contributed by atoms with Gasteiger partial charge in [-0.3, -0.25) is 0 Å². The Morgan fingerprint density at radius 3 is 2.62 bits per heavy atom. The second-order valence-electron chi connectivity index (χ2n) is 2.94. The molecule has 1 heterocycles. The first kappa shape index (κ1) is 8.05. The van der Waals surface area contributed by atoms with Crippen LogP contribution in [0.4, 0.5) is 0 Å². The van der Waals surface area contributed by atoms with Crippen LogP contribution in [0, 0.1) is 6.92 Å². The predicted molar refractivity (Wildman–Crippen MR) is 51.2 cm³/mol. The highest BCUT2D eigenvalue weighted by molar-refractivity contribution is 5.21. The molecule has 1 aromatic carbocycles. The Morgan fingerprint density at radius 1 is 1.23 bits per heavy atom. The summed E-state index contributed by atoms with van der Waals surface area (Å²) in [5.74, 6) is 0.478.